The second-order valence-corrected chi connectivity index (χ2v) is 4.41. The van der Waals surface area contributed by atoms with Crippen LogP contribution in [0.25, 0.3) is 0 Å². The van der Waals surface area contributed by atoms with Gasteiger partial charge in [-0.1, -0.05) is 13.8 Å². The van der Waals surface area contributed by atoms with Crippen LogP contribution in [0.5, 0.6) is 0 Å². The fourth-order valence-electron chi connectivity index (χ4n) is 1.64. The summed E-state index contributed by atoms with van der Waals surface area (Å²) in [4.78, 5) is 11.4. The molecular formula is C10H19NO. The Bertz CT molecular complexity index is 175. The number of hydrogen-bond donors (Lipinski definition) is 1. The van der Waals surface area contributed by atoms with E-state index in [-0.39, 0.29) is 11.9 Å². The molecular weight excluding hydrogens is 150 g/mol. The number of rotatable bonds is 3. The van der Waals surface area contributed by atoms with Crippen molar-refractivity contribution in [1.29, 1.82) is 0 Å². The zero-order chi connectivity index (χ0) is 9.30. The molecule has 0 spiro atoms. The van der Waals surface area contributed by atoms with Gasteiger partial charge in [0.1, 0.15) is 0 Å². The van der Waals surface area contributed by atoms with Crippen LogP contribution in [0.1, 0.15) is 34.1 Å². The molecule has 0 radical (unpaired) electrons. The summed E-state index contributed by atoms with van der Waals surface area (Å²) in [7, 11) is 0. The maximum Gasteiger partial charge on any atom is 0.223 e. The van der Waals surface area contributed by atoms with Crippen LogP contribution in [0.2, 0.25) is 0 Å². The predicted molar refractivity (Wildman–Crippen MR) is 49.7 cm³/mol. The van der Waals surface area contributed by atoms with Gasteiger partial charge in [0.05, 0.1) is 0 Å². The Hall–Kier alpha value is -0.530. The van der Waals surface area contributed by atoms with Crippen LogP contribution in [0.15, 0.2) is 0 Å². The lowest BCUT2D eigenvalue weighted by Crippen LogP contribution is -2.32. The molecule has 2 nitrogen and oxygen atoms in total. The predicted octanol–water partition coefficient (Wildman–Crippen LogP) is 1.80. The van der Waals surface area contributed by atoms with E-state index in [0.29, 0.717) is 17.8 Å². The third-order valence-electron chi connectivity index (χ3n) is 2.46. The molecule has 0 aliphatic heterocycles. The van der Waals surface area contributed by atoms with Crippen molar-refractivity contribution in [3.63, 3.8) is 0 Å². The average Bonchev–Trinajstić information content (AvgIpc) is 2.61. The topological polar surface area (TPSA) is 29.1 Å². The van der Waals surface area contributed by atoms with E-state index in [2.05, 4.69) is 19.2 Å². The molecule has 1 amide bonds. The molecule has 0 saturated heterocycles. The van der Waals surface area contributed by atoms with Crippen LogP contribution in [-0.4, -0.2) is 11.9 Å². The van der Waals surface area contributed by atoms with E-state index < -0.39 is 0 Å². The van der Waals surface area contributed by atoms with Crippen LogP contribution in [-0.2, 0) is 4.79 Å². The molecule has 1 N–H and O–H groups in total. The highest BCUT2D eigenvalue weighted by Gasteiger charge is 2.44. The Balaban J connectivity index is 2.29. The maximum atomic E-state index is 11.4. The monoisotopic (exact) mass is 169 g/mol. The van der Waals surface area contributed by atoms with Crippen molar-refractivity contribution in [2.75, 3.05) is 0 Å². The van der Waals surface area contributed by atoms with E-state index in [1.165, 1.54) is 0 Å². The first-order valence-corrected chi connectivity index (χ1v) is 4.82. The Kier molecular flexibility index (Phi) is 2.76. The van der Waals surface area contributed by atoms with Crippen molar-refractivity contribution in [3.05, 3.63) is 0 Å². The molecule has 1 saturated carbocycles. The lowest BCUT2D eigenvalue weighted by atomic mass is 10.1. The quantitative estimate of drug-likeness (QED) is 0.686. The molecule has 1 fully saturated rings. The van der Waals surface area contributed by atoms with Crippen LogP contribution in [0.3, 0.4) is 0 Å². The first-order chi connectivity index (χ1) is 5.52. The Labute approximate surface area is 74.7 Å². The first-order valence-electron chi connectivity index (χ1n) is 4.82. The number of nitrogens with one attached hydrogen (secondary N) is 1. The Morgan fingerprint density at radius 2 is 1.92 bits per heavy atom. The largest absolute Gasteiger partial charge is 0.354 e. The van der Waals surface area contributed by atoms with Gasteiger partial charge in [0.25, 0.3) is 0 Å². The molecule has 0 aromatic rings. The van der Waals surface area contributed by atoms with Crippen LogP contribution < -0.4 is 5.32 Å². The molecule has 0 aromatic carbocycles. The normalized spacial score (nSPS) is 27.8. The van der Waals surface area contributed by atoms with E-state index in [1.807, 2.05) is 13.8 Å². The number of carbonyl (C=O) groups excluding carboxylic acids is 1. The van der Waals surface area contributed by atoms with Crippen LogP contribution >= 0.6 is 0 Å². The van der Waals surface area contributed by atoms with Crippen molar-refractivity contribution in [2.24, 2.45) is 17.8 Å². The van der Waals surface area contributed by atoms with E-state index in [4.69, 9.17) is 0 Å². The smallest absolute Gasteiger partial charge is 0.223 e. The Morgan fingerprint density at radius 3 is 2.25 bits per heavy atom. The van der Waals surface area contributed by atoms with Crippen molar-refractivity contribution in [2.45, 2.75) is 40.2 Å². The fourth-order valence-corrected chi connectivity index (χ4v) is 1.64. The molecule has 70 valence electrons. The van der Waals surface area contributed by atoms with Gasteiger partial charge in [0, 0.05) is 12.0 Å². The minimum atomic E-state index is 0.253. The third kappa shape index (κ3) is 2.23. The van der Waals surface area contributed by atoms with E-state index >= 15 is 0 Å². The van der Waals surface area contributed by atoms with Crippen LogP contribution in [0, 0.1) is 17.8 Å². The minimum absolute atomic E-state index is 0.253. The Morgan fingerprint density at radius 1 is 1.33 bits per heavy atom. The number of amides is 1. The highest BCUT2D eigenvalue weighted by Crippen LogP contribution is 2.44. The van der Waals surface area contributed by atoms with Crippen LogP contribution in [0.4, 0.5) is 0 Å². The van der Waals surface area contributed by atoms with E-state index in [1.54, 1.807) is 0 Å². The summed E-state index contributed by atoms with van der Waals surface area (Å²) >= 11 is 0. The summed E-state index contributed by atoms with van der Waals surface area (Å²) in [6, 6.07) is 0.283. The third-order valence-corrected chi connectivity index (χ3v) is 2.46. The molecule has 0 unspecified atom stereocenters. The van der Waals surface area contributed by atoms with Crippen molar-refractivity contribution < 1.29 is 4.79 Å². The summed E-state index contributed by atoms with van der Waals surface area (Å²) in [5.41, 5.74) is 0. The molecule has 2 atom stereocenters. The first kappa shape index (κ1) is 9.56. The molecule has 12 heavy (non-hydrogen) atoms. The van der Waals surface area contributed by atoms with Gasteiger partial charge in [-0.2, -0.15) is 0 Å². The second kappa shape index (κ2) is 3.46. The highest BCUT2D eigenvalue weighted by atomic mass is 16.2. The van der Waals surface area contributed by atoms with Crippen molar-refractivity contribution >= 4 is 5.91 Å². The van der Waals surface area contributed by atoms with Crippen molar-refractivity contribution in [3.8, 4) is 0 Å². The molecule has 0 aromatic heterocycles. The van der Waals surface area contributed by atoms with E-state index in [9.17, 15) is 4.79 Å². The van der Waals surface area contributed by atoms with E-state index in [0.717, 1.165) is 6.42 Å². The zero-order valence-corrected chi connectivity index (χ0v) is 8.42. The fraction of sp³-hybridized carbons (Fsp3) is 0.900. The summed E-state index contributed by atoms with van der Waals surface area (Å²) < 4.78 is 0. The standard InChI is InChI=1S/C10H19NO/c1-6(2)8-5-9(8)10(12)11-7(3)4/h6-9H,5H2,1-4H3,(H,11,12)/t8-,9-/m1/s1. The second-order valence-electron chi connectivity index (χ2n) is 4.41. The molecule has 1 aliphatic rings. The van der Waals surface area contributed by atoms with Gasteiger partial charge in [0.15, 0.2) is 0 Å². The maximum absolute atomic E-state index is 11.4. The molecule has 1 rings (SSSR count). The molecule has 0 bridgehead atoms. The SMILES string of the molecule is CC(C)NC(=O)[C@@H]1C[C@@H]1C(C)C. The van der Waals surface area contributed by atoms with Crippen molar-refractivity contribution in [1.82, 2.24) is 5.32 Å². The lowest BCUT2D eigenvalue weighted by molar-refractivity contribution is -0.123. The van der Waals surface area contributed by atoms with Gasteiger partial charge in [-0.05, 0) is 32.1 Å². The van der Waals surface area contributed by atoms with Gasteiger partial charge >= 0.3 is 0 Å². The minimum Gasteiger partial charge on any atom is -0.354 e. The number of hydrogen-bond acceptors (Lipinski definition) is 1. The average molecular weight is 169 g/mol. The highest BCUT2D eigenvalue weighted by molar-refractivity contribution is 5.81. The zero-order valence-electron chi connectivity index (χ0n) is 8.42. The van der Waals surface area contributed by atoms with Gasteiger partial charge < -0.3 is 5.32 Å². The lowest BCUT2D eigenvalue weighted by Gasteiger charge is -2.08. The molecule has 2 heteroatoms. The summed E-state index contributed by atoms with van der Waals surface area (Å²) in [5, 5.41) is 2.95. The summed E-state index contributed by atoms with van der Waals surface area (Å²) in [5.74, 6) is 1.87. The van der Waals surface area contributed by atoms with Gasteiger partial charge in [-0.25, -0.2) is 0 Å². The van der Waals surface area contributed by atoms with Gasteiger partial charge in [-0.15, -0.1) is 0 Å². The molecule has 0 heterocycles. The van der Waals surface area contributed by atoms with Gasteiger partial charge in [0.2, 0.25) is 5.91 Å². The van der Waals surface area contributed by atoms with Gasteiger partial charge in [-0.3, -0.25) is 4.79 Å². The summed E-state index contributed by atoms with van der Waals surface area (Å²) in [6.07, 6.45) is 1.09. The summed E-state index contributed by atoms with van der Waals surface area (Å²) in [6.45, 7) is 8.38. The molecule has 1 aliphatic carbocycles. The number of carbonyl (C=O) groups is 1.